The standard InChI is InChI=1S/C27H56O10S2Si2/c1-8-17-30-26(29)31-22-27(9-2,23-36-40(32-10-3,33-11-4)20-15-14-18-38)24-37-41(34-12-5,35-13-6)21-16-19-39-25(7)28/h38H,8-24H2,1-7H3. The van der Waals surface area contributed by atoms with Crippen LogP contribution in [0, 0.1) is 5.41 Å². The number of rotatable bonds is 27. The van der Waals surface area contributed by atoms with Gasteiger partial charge in [0.2, 0.25) is 0 Å². The monoisotopic (exact) mass is 660 g/mol. The second kappa shape index (κ2) is 24.2. The quantitative estimate of drug-likeness (QED) is 0.0459. The topological polar surface area (TPSA) is 108 Å². The highest BCUT2D eigenvalue weighted by Gasteiger charge is 2.47. The lowest BCUT2D eigenvalue weighted by Crippen LogP contribution is -2.53. The van der Waals surface area contributed by atoms with Gasteiger partial charge in [-0.05, 0) is 65.6 Å². The molecule has 0 aliphatic carbocycles. The molecule has 1 unspecified atom stereocenters. The molecule has 244 valence electrons. The third-order valence-electron chi connectivity index (χ3n) is 6.15. The Morgan fingerprint density at radius 1 is 0.707 bits per heavy atom. The summed E-state index contributed by atoms with van der Waals surface area (Å²) >= 11 is 5.63. The molecule has 0 aromatic carbocycles. The average Bonchev–Trinajstić information content (AvgIpc) is 2.94. The minimum atomic E-state index is -3.11. The molecule has 0 saturated carbocycles. The molecule has 0 aromatic heterocycles. The number of hydrogen-bond donors (Lipinski definition) is 1. The van der Waals surface area contributed by atoms with Gasteiger partial charge in [0.25, 0.3) is 0 Å². The molecule has 0 aliphatic rings. The summed E-state index contributed by atoms with van der Waals surface area (Å²) in [4.78, 5) is 23.8. The summed E-state index contributed by atoms with van der Waals surface area (Å²) in [6, 6.07) is 1.23. The minimum Gasteiger partial charge on any atom is -0.434 e. The maximum Gasteiger partial charge on any atom is 0.508 e. The Morgan fingerprint density at radius 2 is 1.22 bits per heavy atom. The second-order valence-corrected chi connectivity index (χ2v) is 16.7. The van der Waals surface area contributed by atoms with E-state index < -0.39 is 29.2 Å². The summed E-state index contributed by atoms with van der Waals surface area (Å²) in [5.41, 5.74) is -0.734. The summed E-state index contributed by atoms with van der Waals surface area (Å²) in [6.07, 6.45) is 3.05. The molecule has 0 heterocycles. The van der Waals surface area contributed by atoms with E-state index in [2.05, 4.69) is 12.6 Å². The molecular formula is C27H56O10S2Si2. The van der Waals surface area contributed by atoms with Crippen LogP contribution in [0.5, 0.6) is 0 Å². The Hall–Kier alpha value is -0.166. The Labute approximate surface area is 260 Å². The first-order chi connectivity index (χ1) is 19.6. The van der Waals surface area contributed by atoms with E-state index in [1.165, 1.54) is 11.8 Å². The molecule has 0 spiro atoms. The largest absolute Gasteiger partial charge is 0.508 e. The predicted molar refractivity (Wildman–Crippen MR) is 171 cm³/mol. The highest BCUT2D eigenvalue weighted by atomic mass is 32.2. The number of thiol groups is 1. The van der Waals surface area contributed by atoms with Crippen LogP contribution in [-0.2, 0) is 40.8 Å². The SMILES string of the molecule is CCCOC(=O)OCC(CC)(CO[Si](CCCCS)(OCC)OCC)CO[Si](CCCSC(C)=O)(OCC)OCC. The molecule has 0 bridgehead atoms. The molecule has 0 radical (unpaired) electrons. The van der Waals surface area contributed by atoms with Crippen molar-refractivity contribution in [3.63, 3.8) is 0 Å². The Balaban J connectivity index is 6.06. The van der Waals surface area contributed by atoms with Gasteiger partial charge in [-0.2, -0.15) is 12.6 Å². The summed E-state index contributed by atoms with van der Waals surface area (Å²) in [5.74, 6) is 1.43. The third kappa shape index (κ3) is 17.7. The molecule has 0 N–H and O–H groups in total. The van der Waals surface area contributed by atoms with Crippen LogP contribution in [0.2, 0.25) is 12.1 Å². The third-order valence-corrected chi connectivity index (χ3v) is 13.4. The van der Waals surface area contributed by atoms with Crippen LogP contribution in [0.1, 0.15) is 80.6 Å². The zero-order valence-corrected chi connectivity index (χ0v) is 30.2. The van der Waals surface area contributed by atoms with E-state index in [-0.39, 0.29) is 31.5 Å². The van der Waals surface area contributed by atoms with Gasteiger partial charge in [0.05, 0.1) is 6.61 Å². The number of ether oxygens (including phenoxy) is 2. The number of thioether (sulfide) groups is 1. The first kappa shape index (κ1) is 40.8. The fourth-order valence-corrected chi connectivity index (χ4v) is 10.4. The van der Waals surface area contributed by atoms with Crippen LogP contribution in [0.4, 0.5) is 4.79 Å². The molecule has 0 aromatic rings. The first-order valence-electron chi connectivity index (χ1n) is 15.0. The molecule has 0 fully saturated rings. The second-order valence-electron chi connectivity index (χ2n) is 9.54. The molecule has 0 amide bonds. The van der Waals surface area contributed by atoms with Gasteiger partial charge in [0.15, 0.2) is 5.12 Å². The lowest BCUT2D eigenvalue weighted by molar-refractivity contribution is -0.109. The van der Waals surface area contributed by atoms with Crippen LogP contribution in [-0.4, -0.2) is 93.2 Å². The summed E-state index contributed by atoms with van der Waals surface area (Å²) in [7, 11) is -6.14. The highest BCUT2D eigenvalue weighted by molar-refractivity contribution is 8.13. The molecular weight excluding hydrogens is 605 g/mol. The number of unbranched alkanes of at least 4 members (excludes halogenated alkanes) is 1. The normalized spacial score (nSPS) is 13.7. The first-order valence-corrected chi connectivity index (χ1v) is 20.5. The smallest absolute Gasteiger partial charge is 0.434 e. The van der Waals surface area contributed by atoms with Crippen LogP contribution in [0.15, 0.2) is 0 Å². The number of carbonyl (C=O) groups is 2. The summed E-state index contributed by atoms with van der Waals surface area (Å²) < 4.78 is 48.6. The van der Waals surface area contributed by atoms with Gasteiger partial charge >= 0.3 is 23.8 Å². The Bertz CT molecular complexity index is 680. The lowest BCUT2D eigenvalue weighted by atomic mass is 9.88. The van der Waals surface area contributed by atoms with E-state index in [0.717, 1.165) is 18.6 Å². The number of carbonyl (C=O) groups excluding carboxylic acids is 2. The van der Waals surface area contributed by atoms with Crippen molar-refractivity contribution >= 4 is 53.3 Å². The molecule has 41 heavy (non-hydrogen) atoms. The van der Waals surface area contributed by atoms with Crippen LogP contribution in [0.3, 0.4) is 0 Å². The fourth-order valence-electron chi connectivity index (χ4n) is 3.92. The van der Waals surface area contributed by atoms with E-state index in [0.29, 0.717) is 63.5 Å². The van der Waals surface area contributed by atoms with Crippen molar-refractivity contribution in [2.75, 3.05) is 64.4 Å². The molecule has 0 aliphatic heterocycles. The van der Waals surface area contributed by atoms with Crippen LogP contribution in [0.25, 0.3) is 0 Å². The van der Waals surface area contributed by atoms with Crippen molar-refractivity contribution in [3.05, 3.63) is 0 Å². The van der Waals surface area contributed by atoms with Gasteiger partial charge < -0.3 is 36.0 Å². The van der Waals surface area contributed by atoms with E-state index in [9.17, 15) is 9.59 Å². The predicted octanol–water partition coefficient (Wildman–Crippen LogP) is 6.38. The van der Waals surface area contributed by atoms with Gasteiger partial charge in [0.1, 0.15) is 6.61 Å². The fraction of sp³-hybridized carbons (Fsp3) is 0.926. The Kier molecular flexibility index (Phi) is 24.1. The van der Waals surface area contributed by atoms with E-state index in [4.69, 9.17) is 36.0 Å². The average molecular weight is 661 g/mol. The molecule has 0 saturated heterocycles. The van der Waals surface area contributed by atoms with E-state index >= 15 is 0 Å². The van der Waals surface area contributed by atoms with Crippen molar-refractivity contribution in [2.24, 2.45) is 5.41 Å². The van der Waals surface area contributed by atoms with Gasteiger partial charge in [0, 0.05) is 69.8 Å². The van der Waals surface area contributed by atoms with Gasteiger partial charge in [-0.1, -0.05) is 25.6 Å². The number of hydrogen-bond acceptors (Lipinski definition) is 12. The van der Waals surface area contributed by atoms with Crippen molar-refractivity contribution in [1.82, 2.24) is 0 Å². The molecule has 1 atom stereocenters. The maximum absolute atomic E-state index is 12.3. The van der Waals surface area contributed by atoms with Gasteiger partial charge in [-0.3, -0.25) is 4.79 Å². The van der Waals surface area contributed by atoms with E-state index in [1.807, 2.05) is 41.5 Å². The van der Waals surface area contributed by atoms with Crippen molar-refractivity contribution < 1.29 is 45.6 Å². The van der Waals surface area contributed by atoms with E-state index in [1.54, 1.807) is 6.92 Å². The van der Waals surface area contributed by atoms with Gasteiger partial charge in [-0.25, -0.2) is 4.79 Å². The molecule has 14 heteroatoms. The Morgan fingerprint density at radius 3 is 1.63 bits per heavy atom. The van der Waals surface area contributed by atoms with Crippen LogP contribution < -0.4 is 0 Å². The summed E-state index contributed by atoms with van der Waals surface area (Å²) in [6.45, 7) is 15.6. The highest BCUT2D eigenvalue weighted by Crippen LogP contribution is 2.31. The minimum absolute atomic E-state index is 0.0222. The van der Waals surface area contributed by atoms with Crippen LogP contribution >= 0.6 is 24.4 Å². The molecule has 0 rings (SSSR count). The van der Waals surface area contributed by atoms with Crippen molar-refractivity contribution in [3.8, 4) is 0 Å². The maximum atomic E-state index is 12.3. The zero-order valence-electron chi connectivity index (χ0n) is 26.5. The van der Waals surface area contributed by atoms with Gasteiger partial charge in [-0.15, -0.1) is 0 Å². The lowest BCUT2D eigenvalue weighted by Gasteiger charge is -2.39. The van der Waals surface area contributed by atoms with Crippen molar-refractivity contribution in [1.29, 1.82) is 0 Å². The van der Waals surface area contributed by atoms with Crippen molar-refractivity contribution in [2.45, 2.75) is 92.7 Å². The molecule has 10 nitrogen and oxygen atoms in total. The zero-order chi connectivity index (χ0) is 31.0. The summed E-state index contributed by atoms with van der Waals surface area (Å²) in [5, 5.41) is 0.0749.